The minimum Gasteiger partial charge on any atom is -0.493 e. The number of rotatable bonds is 8. The number of ether oxygens (including phenoxy) is 3. The smallest absolute Gasteiger partial charge is 0.255 e. The third-order valence-electron chi connectivity index (χ3n) is 4.14. The van der Waals surface area contributed by atoms with Crippen LogP contribution >= 0.6 is 0 Å². The van der Waals surface area contributed by atoms with Gasteiger partial charge in [0.25, 0.3) is 5.91 Å². The van der Waals surface area contributed by atoms with E-state index in [1.807, 2.05) is 12.1 Å². The Labute approximate surface area is 168 Å². The number of carbonyl (C=O) groups is 1. The molecule has 0 saturated heterocycles. The number of carbonyl (C=O) groups excluding carboxylic acids is 1. The fraction of sp³-hybridized carbons (Fsp3) is 0.190. The number of benzene rings is 1. The number of anilines is 2. The zero-order chi connectivity index (χ0) is 20.6. The maximum atomic E-state index is 12.7. The van der Waals surface area contributed by atoms with E-state index >= 15 is 0 Å². The van der Waals surface area contributed by atoms with Gasteiger partial charge in [0.05, 0.1) is 21.3 Å². The van der Waals surface area contributed by atoms with E-state index < -0.39 is 0 Å². The fourth-order valence-electron chi connectivity index (χ4n) is 2.72. The predicted octanol–water partition coefficient (Wildman–Crippen LogP) is 3.37. The van der Waals surface area contributed by atoms with Crippen LogP contribution in [0.5, 0.6) is 17.2 Å². The summed E-state index contributed by atoms with van der Waals surface area (Å²) in [6, 6.07) is 10.5. The molecule has 2 N–H and O–H groups in total. The molecular weight excluding hydrogens is 372 g/mol. The summed E-state index contributed by atoms with van der Waals surface area (Å²) in [5, 5.41) is 6.02. The van der Waals surface area contributed by atoms with Crippen LogP contribution in [0.2, 0.25) is 0 Å². The lowest BCUT2D eigenvalue weighted by Gasteiger charge is -2.14. The molecule has 0 spiro atoms. The summed E-state index contributed by atoms with van der Waals surface area (Å²) in [6.07, 6.45) is 5.07. The summed E-state index contributed by atoms with van der Waals surface area (Å²) >= 11 is 0. The molecule has 2 aromatic heterocycles. The highest BCUT2D eigenvalue weighted by atomic mass is 16.5. The molecule has 0 aliphatic carbocycles. The molecule has 0 bridgehead atoms. The highest BCUT2D eigenvalue weighted by Gasteiger charge is 2.15. The van der Waals surface area contributed by atoms with Crippen LogP contribution in [0.1, 0.15) is 15.9 Å². The molecule has 8 nitrogen and oxygen atoms in total. The topological polar surface area (TPSA) is 94.6 Å². The second kappa shape index (κ2) is 9.41. The second-order valence-electron chi connectivity index (χ2n) is 6.01. The van der Waals surface area contributed by atoms with Gasteiger partial charge in [-0.15, -0.1) is 0 Å². The first kappa shape index (κ1) is 19.9. The molecule has 29 heavy (non-hydrogen) atoms. The molecule has 0 unspecified atom stereocenters. The van der Waals surface area contributed by atoms with Crippen molar-refractivity contribution in [3.8, 4) is 17.2 Å². The Morgan fingerprint density at radius 2 is 1.76 bits per heavy atom. The van der Waals surface area contributed by atoms with Crippen molar-refractivity contribution >= 4 is 17.4 Å². The largest absolute Gasteiger partial charge is 0.493 e. The molecule has 3 aromatic rings. The molecule has 1 aromatic carbocycles. The summed E-state index contributed by atoms with van der Waals surface area (Å²) < 4.78 is 15.9. The summed E-state index contributed by atoms with van der Waals surface area (Å²) in [4.78, 5) is 21.0. The normalized spacial score (nSPS) is 10.2. The first-order valence-corrected chi connectivity index (χ1v) is 8.84. The lowest BCUT2D eigenvalue weighted by Crippen LogP contribution is -2.13. The molecule has 0 aliphatic heterocycles. The van der Waals surface area contributed by atoms with Gasteiger partial charge < -0.3 is 24.8 Å². The van der Waals surface area contributed by atoms with Crippen LogP contribution in [-0.4, -0.2) is 37.2 Å². The van der Waals surface area contributed by atoms with Crippen molar-refractivity contribution in [1.82, 2.24) is 9.97 Å². The van der Waals surface area contributed by atoms with E-state index in [-0.39, 0.29) is 5.91 Å². The third-order valence-corrected chi connectivity index (χ3v) is 4.14. The summed E-state index contributed by atoms with van der Waals surface area (Å²) in [5.74, 6) is 1.67. The number of methoxy groups -OCH3 is 3. The van der Waals surface area contributed by atoms with Gasteiger partial charge >= 0.3 is 0 Å². The molecule has 2 heterocycles. The van der Waals surface area contributed by atoms with Crippen LogP contribution in [0.25, 0.3) is 0 Å². The average molecular weight is 394 g/mol. The highest BCUT2D eigenvalue weighted by molar-refractivity contribution is 6.05. The molecule has 3 rings (SSSR count). The Morgan fingerprint density at radius 1 is 1.00 bits per heavy atom. The standard InChI is InChI=1S/C21H22N4O4/c1-27-17-10-16(11-18(28-2)20(17)29-3)25-21(26)15-6-8-23-19(9-15)24-13-14-5-4-7-22-12-14/h4-12H,13H2,1-3H3,(H,23,24)(H,25,26). The van der Waals surface area contributed by atoms with Gasteiger partial charge in [-0.2, -0.15) is 0 Å². The van der Waals surface area contributed by atoms with E-state index in [1.54, 1.807) is 42.9 Å². The number of amides is 1. The summed E-state index contributed by atoms with van der Waals surface area (Å²) in [7, 11) is 4.56. The number of nitrogens with one attached hydrogen (secondary N) is 2. The SMILES string of the molecule is COc1cc(NC(=O)c2ccnc(NCc3cccnc3)c2)cc(OC)c1OC. The van der Waals surface area contributed by atoms with Gasteiger partial charge in [-0.3, -0.25) is 9.78 Å². The van der Waals surface area contributed by atoms with Crippen molar-refractivity contribution in [2.75, 3.05) is 32.0 Å². The van der Waals surface area contributed by atoms with Crippen LogP contribution in [0.4, 0.5) is 11.5 Å². The molecule has 0 fully saturated rings. The van der Waals surface area contributed by atoms with Gasteiger partial charge in [-0.1, -0.05) is 6.07 Å². The average Bonchev–Trinajstić information content (AvgIpc) is 2.77. The zero-order valence-electron chi connectivity index (χ0n) is 16.4. The summed E-state index contributed by atoms with van der Waals surface area (Å²) in [6.45, 7) is 0.554. The van der Waals surface area contributed by atoms with Crippen LogP contribution in [0.3, 0.4) is 0 Å². The monoisotopic (exact) mass is 394 g/mol. The van der Waals surface area contributed by atoms with Gasteiger partial charge in [0.2, 0.25) is 5.75 Å². The van der Waals surface area contributed by atoms with Crippen molar-refractivity contribution in [2.24, 2.45) is 0 Å². The minimum absolute atomic E-state index is 0.286. The maximum absolute atomic E-state index is 12.7. The van der Waals surface area contributed by atoms with Crippen LogP contribution < -0.4 is 24.8 Å². The van der Waals surface area contributed by atoms with E-state index in [9.17, 15) is 4.79 Å². The van der Waals surface area contributed by atoms with Crippen LogP contribution in [-0.2, 0) is 6.54 Å². The highest BCUT2D eigenvalue weighted by Crippen LogP contribution is 2.40. The van der Waals surface area contributed by atoms with Gasteiger partial charge in [0.1, 0.15) is 5.82 Å². The first-order valence-electron chi connectivity index (χ1n) is 8.84. The number of hydrogen-bond acceptors (Lipinski definition) is 7. The molecule has 150 valence electrons. The Morgan fingerprint density at radius 3 is 2.38 bits per heavy atom. The molecule has 1 amide bonds. The Kier molecular flexibility index (Phi) is 6.47. The van der Waals surface area contributed by atoms with E-state index in [1.165, 1.54) is 21.3 Å². The van der Waals surface area contributed by atoms with Crippen molar-refractivity contribution in [2.45, 2.75) is 6.54 Å². The first-order chi connectivity index (χ1) is 14.1. The van der Waals surface area contributed by atoms with Crippen LogP contribution in [0.15, 0.2) is 55.0 Å². The molecule has 0 atom stereocenters. The summed E-state index contributed by atoms with van der Waals surface area (Å²) in [5.41, 5.74) is 2.00. The molecular formula is C21H22N4O4. The van der Waals surface area contributed by atoms with Gasteiger partial charge in [-0.05, 0) is 23.8 Å². The van der Waals surface area contributed by atoms with E-state index in [0.29, 0.717) is 40.9 Å². The second-order valence-corrected chi connectivity index (χ2v) is 6.01. The zero-order valence-corrected chi connectivity index (χ0v) is 16.4. The van der Waals surface area contributed by atoms with Crippen molar-refractivity contribution in [1.29, 1.82) is 0 Å². The Hall–Kier alpha value is -3.81. The third kappa shape index (κ3) is 4.92. The maximum Gasteiger partial charge on any atom is 0.255 e. The van der Waals surface area contributed by atoms with E-state index in [4.69, 9.17) is 14.2 Å². The minimum atomic E-state index is -0.286. The quantitative estimate of drug-likeness (QED) is 0.605. The Balaban J connectivity index is 1.74. The number of nitrogens with zero attached hydrogens (tertiary/aromatic N) is 2. The molecule has 8 heteroatoms. The lowest BCUT2D eigenvalue weighted by atomic mass is 10.2. The number of aromatic nitrogens is 2. The van der Waals surface area contributed by atoms with Crippen molar-refractivity contribution in [3.05, 3.63) is 66.1 Å². The van der Waals surface area contributed by atoms with E-state index in [2.05, 4.69) is 20.6 Å². The van der Waals surface area contributed by atoms with Gasteiger partial charge in [0, 0.05) is 48.5 Å². The number of pyridine rings is 2. The van der Waals surface area contributed by atoms with Crippen molar-refractivity contribution < 1.29 is 19.0 Å². The Bertz CT molecular complexity index is 954. The van der Waals surface area contributed by atoms with Gasteiger partial charge in [0.15, 0.2) is 11.5 Å². The predicted molar refractivity (Wildman–Crippen MR) is 110 cm³/mol. The molecule has 0 saturated carbocycles. The van der Waals surface area contributed by atoms with Gasteiger partial charge in [-0.25, -0.2) is 4.98 Å². The lowest BCUT2D eigenvalue weighted by molar-refractivity contribution is 0.102. The van der Waals surface area contributed by atoms with Crippen molar-refractivity contribution in [3.63, 3.8) is 0 Å². The van der Waals surface area contributed by atoms with Crippen LogP contribution in [0, 0.1) is 0 Å². The molecule has 0 aliphatic rings. The molecule has 0 radical (unpaired) electrons. The number of hydrogen-bond donors (Lipinski definition) is 2. The fourth-order valence-corrected chi connectivity index (χ4v) is 2.72. The van der Waals surface area contributed by atoms with E-state index in [0.717, 1.165) is 5.56 Å².